The van der Waals surface area contributed by atoms with Gasteiger partial charge in [0, 0.05) is 18.5 Å². The number of carboxylic acids is 1. The molecular weight excluding hydrogens is 262 g/mol. The van der Waals surface area contributed by atoms with Gasteiger partial charge in [0.2, 0.25) is 5.82 Å². The van der Waals surface area contributed by atoms with Gasteiger partial charge in [-0.3, -0.25) is 0 Å². The molecule has 0 aliphatic heterocycles. The SMILES string of the molecule is NC(=O)NCCNc1nc(C(=O)O)nc2ccccc12. The minimum absolute atomic E-state index is 0.283. The molecule has 1 heterocycles. The van der Waals surface area contributed by atoms with Crippen molar-refractivity contribution in [3.05, 3.63) is 30.1 Å². The minimum Gasteiger partial charge on any atom is -0.475 e. The summed E-state index contributed by atoms with van der Waals surface area (Å²) in [6, 6.07) is 6.44. The third-order valence-electron chi connectivity index (χ3n) is 2.51. The molecule has 2 rings (SSSR count). The lowest BCUT2D eigenvalue weighted by atomic mass is 10.2. The van der Waals surface area contributed by atoms with Gasteiger partial charge >= 0.3 is 12.0 Å². The number of carbonyl (C=O) groups is 2. The molecule has 1 aromatic carbocycles. The third kappa shape index (κ3) is 3.10. The van der Waals surface area contributed by atoms with Crippen LogP contribution in [0.2, 0.25) is 0 Å². The highest BCUT2D eigenvalue weighted by molar-refractivity contribution is 5.93. The van der Waals surface area contributed by atoms with Gasteiger partial charge in [-0.2, -0.15) is 0 Å². The van der Waals surface area contributed by atoms with Gasteiger partial charge in [-0.1, -0.05) is 12.1 Å². The third-order valence-corrected chi connectivity index (χ3v) is 2.51. The second kappa shape index (κ2) is 5.83. The van der Waals surface area contributed by atoms with Gasteiger partial charge in [-0.05, 0) is 12.1 Å². The molecule has 1 aromatic heterocycles. The Bertz CT molecular complexity index is 659. The molecule has 5 N–H and O–H groups in total. The summed E-state index contributed by atoms with van der Waals surface area (Å²) in [5.41, 5.74) is 5.48. The molecule has 0 saturated carbocycles. The van der Waals surface area contributed by atoms with Gasteiger partial charge in [-0.15, -0.1) is 0 Å². The van der Waals surface area contributed by atoms with Gasteiger partial charge in [0.25, 0.3) is 0 Å². The second-order valence-corrected chi connectivity index (χ2v) is 3.94. The Balaban J connectivity index is 2.25. The first-order valence-electron chi connectivity index (χ1n) is 5.85. The van der Waals surface area contributed by atoms with Crippen LogP contribution in [0, 0.1) is 0 Å². The summed E-state index contributed by atoms with van der Waals surface area (Å²) in [4.78, 5) is 29.4. The molecule has 0 aliphatic rings. The van der Waals surface area contributed by atoms with Crippen LogP contribution >= 0.6 is 0 Å². The number of nitrogens with one attached hydrogen (secondary N) is 2. The number of nitrogens with two attached hydrogens (primary N) is 1. The number of aromatic carboxylic acids is 1. The number of urea groups is 1. The number of aromatic nitrogens is 2. The normalized spacial score (nSPS) is 10.2. The number of carboxylic acid groups (broad SMARTS) is 1. The van der Waals surface area contributed by atoms with Crippen LogP contribution in [0.5, 0.6) is 0 Å². The van der Waals surface area contributed by atoms with Gasteiger partial charge in [0.1, 0.15) is 5.82 Å². The Morgan fingerprint density at radius 1 is 1.20 bits per heavy atom. The van der Waals surface area contributed by atoms with E-state index >= 15 is 0 Å². The highest BCUT2D eigenvalue weighted by Crippen LogP contribution is 2.19. The zero-order valence-electron chi connectivity index (χ0n) is 10.5. The van der Waals surface area contributed by atoms with Crippen molar-refractivity contribution in [1.29, 1.82) is 0 Å². The van der Waals surface area contributed by atoms with E-state index in [1.165, 1.54) is 0 Å². The van der Waals surface area contributed by atoms with Crippen LogP contribution in [0.4, 0.5) is 10.6 Å². The number of carbonyl (C=O) groups excluding carboxylic acids is 1. The first-order valence-corrected chi connectivity index (χ1v) is 5.85. The average Bonchev–Trinajstić information content (AvgIpc) is 2.42. The average molecular weight is 275 g/mol. The Hall–Kier alpha value is -2.90. The van der Waals surface area contributed by atoms with Crippen LogP contribution in [-0.4, -0.2) is 40.2 Å². The quantitative estimate of drug-likeness (QED) is 0.584. The summed E-state index contributed by atoms with van der Waals surface area (Å²) >= 11 is 0. The molecule has 104 valence electrons. The summed E-state index contributed by atoms with van der Waals surface area (Å²) in [5, 5.41) is 15.1. The maximum Gasteiger partial charge on any atom is 0.374 e. The van der Waals surface area contributed by atoms with Crippen molar-refractivity contribution >= 4 is 28.7 Å². The Morgan fingerprint density at radius 3 is 2.65 bits per heavy atom. The summed E-state index contributed by atoms with van der Waals surface area (Å²) < 4.78 is 0. The molecule has 0 unspecified atom stereocenters. The molecule has 0 aliphatic carbocycles. The Morgan fingerprint density at radius 2 is 1.95 bits per heavy atom. The number of anilines is 1. The predicted molar refractivity (Wildman–Crippen MR) is 72.6 cm³/mol. The molecule has 0 bridgehead atoms. The van der Waals surface area contributed by atoms with Gasteiger partial charge in [0.05, 0.1) is 5.52 Å². The predicted octanol–water partition coefficient (Wildman–Crippen LogP) is 0.408. The first kappa shape index (κ1) is 13.5. The van der Waals surface area contributed by atoms with Crippen LogP contribution in [0.3, 0.4) is 0 Å². The molecule has 2 aromatic rings. The molecule has 8 heteroatoms. The van der Waals surface area contributed by atoms with Crippen LogP contribution in [-0.2, 0) is 0 Å². The Kier molecular flexibility index (Phi) is 3.94. The summed E-state index contributed by atoms with van der Waals surface area (Å²) in [6.07, 6.45) is 0. The number of hydrogen-bond acceptors (Lipinski definition) is 5. The molecule has 8 nitrogen and oxygen atoms in total. The maximum atomic E-state index is 11.0. The zero-order valence-corrected chi connectivity index (χ0v) is 10.5. The number of hydrogen-bond donors (Lipinski definition) is 4. The van der Waals surface area contributed by atoms with E-state index in [4.69, 9.17) is 10.8 Å². The maximum absolute atomic E-state index is 11.0. The van der Waals surface area contributed by atoms with Crippen LogP contribution < -0.4 is 16.4 Å². The number of para-hydroxylation sites is 1. The lowest BCUT2D eigenvalue weighted by molar-refractivity contribution is 0.0684. The topological polar surface area (TPSA) is 130 Å². The lowest BCUT2D eigenvalue weighted by Gasteiger charge is -2.09. The van der Waals surface area contributed by atoms with Crippen molar-refractivity contribution in [1.82, 2.24) is 15.3 Å². The van der Waals surface area contributed by atoms with E-state index in [9.17, 15) is 9.59 Å². The molecule has 0 atom stereocenters. The largest absolute Gasteiger partial charge is 0.475 e. The number of primary amides is 1. The smallest absolute Gasteiger partial charge is 0.374 e. The first-order chi connectivity index (χ1) is 9.58. The van der Waals surface area contributed by atoms with Gasteiger partial charge in [-0.25, -0.2) is 19.6 Å². The Labute approximate surface area is 114 Å². The number of rotatable bonds is 5. The van der Waals surface area contributed by atoms with E-state index in [1.54, 1.807) is 24.3 Å². The van der Waals surface area contributed by atoms with E-state index in [0.717, 1.165) is 0 Å². The van der Waals surface area contributed by atoms with Crippen molar-refractivity contribution in [3.63, 3.8) is 0 Å². The monoisotopic (exact) mass is 275 g/mol. The van der Waals surface area contributed by atoms with Crippen LogP contribution in [0.15, 0.2) is 24.3 Å². The fourth-order valence-corrected chi connectivity index (χ4v) is 1.67. The highest BCUT2D eigenvalue weighted by atomic mass is 16.4. The summed E-state index contributed by atoms with van der Waals surface area (Å²) in [7, 11) is 0. The van der Waals surface area contributed by atoms with Crippen molar-refractivity contribution < 1.29 is 14.7 Å². The van der Waals surface area contributed by atoms with E-state index < -0.39 is 12.0 Å². The number of benzene rings is 1. The van der Waals surface area contributed by atoms with Gasteiger partial charge in [0.15, 0.2) is 0 Å². The van der Waals surface area contributed by atoms with Gasteiger partial charge < -0.3 is 21.5 Å². The molecule has 2 amide bonds. The zero-order chi connectivity index (χ0) is 14.5. The number of fused-ring (bicyclic) bond motifs is 1. The second-order valence-electron chi connectivity index (χ2n) is 3.94. The molecule has 0 saturated heterocycles. The van der Waals surface area contributed by atoms with E-state index in [1.807, 2.05) is 0 Å². The fraction of sp³-hybridized carbons (Fsp3) is 0.167. The van der Waals surface area contributed by atoms with Crippen LogP contribution in [0.25, 0.3) is 10.9 Å². The summed E-state index contributed by atoms with van der Waals surface area (Å²) in [5.74, 6) is -1.08. The molecule has 0 spiro atoms. The summed E-state index contributed by atoms with van der Waals surface area (Å²) in [6.45, 7) is 0.666. The molecule has 0 fully saturated rings. The van der Waals surface area contributed by atoms with Crippen molar-refractivity contribution in [2.75, 3.05) is 18.4 Å². The molecule has 20 heavy (non-hydrogen) atoms. The van der Waals surface area contributed by atoms with Crippen LogP contribution in [0.1, 0.15) is 10.6 Å². The van der Waals surface area contributed by atoms with E-state index in [-0.39, 0.29) is 5.82 Å². The van der Waals surface area contributed by atoms with E-state index in [2.05, 4.69) is 20.6 Å². The fourth-order valence-electron chi connectivity index (χ4n) is 1.67. The van der Waals surface area contributed by atoms with Crippen molar-refractivity contribution in [3.8, 4) is 0 Å². The lowest BCUT2D eigenvalue weighted by Crippen LogP contribution is -2.33. The van der Waals surface area contributed by atoms with Crippen molar-refractivity contribution in [2.45, 2.75) is 0 Å². The molecular formula is C12H13N5O3. The van der Waals surface area contributed by atoms with Crippen molar-refractivity contribution in [2.24, 2.45) is 5.73 Å². The number of amides is 2. The highest BCUT2D eigenvalue weighted by Gasteiger charge is 2.12. The molecule has 0 radical (unpaired) electrons. The van der Waals surface area contributed by atoms with E-state index in [0.29, 0.717) is 29.8 Å². The standard InChI is InChI=1S/C12H13N5O3/c13-12(20)15-6-5-14-9-7-3-1-2-4-8(7)16-10(17-9)11(18)19/h1-4H,5-6H2,(H,18,19)(H3,13,15,20)(H,14,16,17). The number of nitrogens with zero attached hydrogens (tertiary/aromatic N) is 2. The minimum atomic E-state index is -1.20.